The second kappa shape index (κ2) is 3.96. The van der Waals surface area contributed by atoms with Crippen molar-refractivity contribution in [1.29, 1.82) is 0 Å². The fraction of sp³-hybridized carbons (Fsp3) is 0.250. The third-order valence-electron chi connectivity index (χ3n) is 2.68. The number of hydrogen-bond donors (Lipinski definition) is 2. The Kier molecular flexibility index (Phi) is 2.64. The normalized spacial score (nSPS) is 12.9. The van der Waals surface area contributed by atoms with Crippen LogP contribution in [0.15, 0.2) is 24.4 Å². The Balaban J connectivity index is 2.37. The number of nitrogens with one attached hydrogen (secondary N) is 1. The molecule has 1 atom stereocenters. The molecule has 0 spiro atoms. The van der Waals surface area contributed by atoms with Gasteiger partial charge in [0.1, 0.15) is 5.82 Å². The predicted octanol–water partition coefficient (Wildman–Crippen LogP) is 2.57. The molecule has 3 nitrogen and oxygen atoms in total. The van der Waals surface area contributed by atoms with E-state index >= 15 is 0 Å². The summed E-state index contributed by atoms with van der Waals surface area (Å²) in [6, 6.07) is 4.46. The fourth-order valence-corrected chi connectivity index (χ4v) is 1.74. The van der Waals surface area contributed by atoms with Gasteiger partial charge in [0.15, 0.2) is 0 Å². The molecule has 0 aliphatic carbocycles. The second-order valence-electron chi connectivity index (χ2n) is 3.95. The summed E-state index contributed by atoms with van der Waals surface area (Å²) < 4.78 is 13.1. The van der Waals surface area contributed by atoms with Gasteiger partial charge in [-0.1, -0.05) is 6.92 Å². The van der Waals surface area contributed by atoms with Gasteiger partial charge in [0.05, 0.1) is 5.92 Å². The lowest BCUT2D eigenvalue weighted by Gasteiger charge is -2.04. The number of aliphatic carboxylic acids is 1. The molecule has 0 aliphatic heterocycles. The van der Waals surface area contributed by atoms with Crippen molar-refractivity contribution in [2.24, 2.45) is 5.92 Å². The maximum Gasteiger partial charge on any atom is 0.306 e. The molecule has 0 amide bonds. The van der Waals surface area contributed by atoms with Crippen LogP contribution in [0, 0.1) is 11.7 Å². The lowest BCUT2D eigenvalue weighted by Crippen LogP contribution is -2.11. The molecule has 1 aromatic heterocycles. The number of benzene rings is 1. The number of carboxylic acids is 1. The summed E-state index contributed by atoms with van der Waals surface area (Å²) in [6.07, 6.45) is 2.14. The molecule has 0 radical (unpaired) electrons. The molecule has 1 heterocycles. The van der Waals surface area contributed by atoms with Gasteiger partial charge in [0.2, 0.25) is 0 Å². The highest BCUT2D eigenvalue weighted by Crippen LogP contribution is 2.22. The van der Waals surface area contributed by atoms with Crippen LogP contribution in [0.2, 0.25) is 0 Å². The number of fused-ring (bicyclic) bond motifs is 1. The predicted molar refractivity (Wildman–Crippen MR) is 58.8 cm³/mol. The maximum absolute atomic E-state index is 13.1. The van der Waals surface area contributed by atoms with Gasteiger partial charge >= 0.3 is 5.97 Å². The van der Waals surface area contributed by atoms with E-state index in [9.17, 15) is 9.18 Å². The Bertz CT molecular complexity index is 533. The van der Waals surface area contributed by atoms with Crippen molar-refractivity contribution in [3.8, 4) is 0 Å². The SMILES string of the molecule is C[C@@H](Cc1c[nH]c2ccc(F)cc12)C(=O)O. The summed E-state index contributed by atoms with van der Waals surface area (Å²) in [4.78, 5) is 13.7. The summed E-state index contributed by atoms with van der Waals surface area (Å²) in [5.41, 5.74) is 1.67. The minimum absolute atomic E-state index is 0.309. The zero-order chi connectivity index (χ0) is 11.7. The molecule has 84 valence electrons. The molecule has 2 N–H and O–H groups in total. The Morgan fingerprint density at radius 1 is 1.56 bits per heavy atom. The average molecular weight is 221 g/mol. The van der Waals surface area contributed by atoms with E-state index in [-0.39, 0.29) is 5.82 Å². The fourth-order valence-electron chi connectivity index (χ4n) is 1.74. The van der Waals surface area contributed by atoms with Crippen molar-refractivity contribution in [2.45, 2.75) is 13.3 Å². The topological polar surface area (TPSA) is 53.1 Å². The van der Waals surface area contributed by atoms with E-state index in [2.05, 4.69) is 4.98 Å². The van der Waals surface area contributed by atoms with E-state index in [1.807, 2.05) is 0 Å². The first kappa shape index (κ1) is 10.7. The summed E-state index contributed by atoms with van der Waals surface area (Å²) in [7, 11) is 0. The van der Waals surface area contributed by atoms with Crippen LogP contribution in [0.1, 0.15) is 12.5 Å². The molecular formula is C12H12FNO2. The van der Waals surface area contributed by atoms with Gasteiger partial charge in [0, 0.05) is 17.1 Å². The van der Waals surface area contributed by atoms with E-state index in [4.69, 9.17) is 5.11 Å². The molecule has 0 bridgehead atoms. The molecule has 2 rings (SSSR count). The lowest BCUT2D eigenvalue weighted by molar-refractivity contribution is -0.141. The zero-order valence-corrected chi connectivity index (χ0v) is 8.83. The average Bonchev–Trinajstić information content (AvgIpc) is 2.61. The van der Waals surface area contributed by atoms with Crippen molar-refractivity contribution in [2.75, 3.05) is 0 Å². The van der Waals surface area contributed by atoms with Crippen LogP contribution in [0.3, 0.4) is 0 Å². The lowest BCUT2D eigenvalue weighted by atomic mass is 10.0. The molecule has 2 aromatic rings. The second-order valence-corrected chi connectivity index (χ2v) is 3.95. The van der Waals surface area contributed by atoms with Crippen molar-refractivity contribution in [1.82, 2.24) is 4.98 Å². The standard InChI is InChI=1S/C12H12FNO2/c1-7(12(15)16)4-8-6-14-11-3-2-9(13)5-10(8)11/h2-3,5-7,14H,4H2,1H3,(H,15,16)/t7-/m0/s1. The van der Waals surface area contributed by atoms with Gasteiger partial charge in [0.25, 0.3) is 0 Å². The Labute approximate surface area is 91.9 Å². The van der Waals surface area contributed by atoms with Gasteiger partial charge in [-0.05, 0) is 30.2 Å². The molecule has 1 aromatic carbocycles. The maximum atomic E-state index is 13.1. The number of aromatic amines is 1. The Morgan fingerprint density at radius 2 is 2.31 bits per heavy atom. The molecule has 16 heavy (non-hydrogen) atoms. The van der Waals surface area contributed by atoms with Crippen LogP contribution in [-0.4, -0.2) is 16.1 Å². The summed E-state index contributed by atoms with van der Waals surface area (Å²) in [6.45, 7) is 1.64. The van der Waals surface area contributed by atoms with Crippen LogP contribution in [0.4, 0.5) is 4.39 Å². The largest absolute Gasteiger partial charge is 0.481 e. The van der Waals surface area contributed by atoms with Crippen LogP contribution in [0.25, 0.3) is 10.9 Å². The molecule has 4 heteroatoms. The molecule has 0 unspecified atom stereocenters. The Hall–Kier alpha value is -1.84. The van der Waals surface area contributed by atoms with Gasteiger partial charge in [-0.3, -0.25) is 4.79 Å². The van der Waals surface area contributed by atoms with Gasteiger partial charge in [-0.2, -0.15) is 0 Å². The van der Waals surface area contributed by atoms with Crippen molar-refractivity contribution >= 4 is 16.9 Å². The highest BCUT2D eigenvalue weighted by molar-refractivity contribution is 5.84. The number of carboxylic acid groups (broad SMARTS) is 1. The first-order valence-electron chi connectivity index (χ1n) is 5.06. The van der Waals surface area contributed by atoms with E-state index in [0.29, 0.717) is 6.42 Å². The van der Waals surface area contributed by atoms with Gasteiger partial charge in [-0.15, -0.1) is 0 Å². The first-order chi connectivity index (χ1) is 7.58. The van der Waals surface area contributed by atoms with Crippen LogP contribution < -0.4 is 0 Å². The molecule has 0 fully saturated rings. The quantitative estimate of drug-likeness (QED) is 0.836. The van der Waals surface area contributed by atoms with Crippen molar-refractivity contribution in [3.63, 3.8) is 0 Å². The van der Waals surface area contributed by atoms with Crippen molar-refractivity contribution in [3.05, 3.63) is 35.8 Å². The van der Waals surface area contributed by atoms with Crippen molar-refractivity contribution < 1.29 is 14.3 Å². The number of rotatable bonds is 3. The number of halogens is 1. The Morgan fingerprint density at radius 3 is 3.00 bits per heavy atom. The van der Waals surface area contributed by atoms with Crippen LogP contribution in [0.5, 0.6) is 0 Å². The highest BCUT2D eigenvalue weighted by atomic mass is 19.1. The summed E-state index contributed by atoms with van der Waals surface area (Å²) in [5.74, 6) is -1.62. The third-order valence-corrected chi connectivity index (χ3v) is 2.68. The highest BCUT2D eigenvalue weighted by Gasteiger charge is 2.14. The minimum Gasteiger partial charge on any atom is -0.481 e. The van der Waals surface area contributed by atoms with Gasteiger partial charge < -0.3 is 10.1 Å². The van der Waals surface area contributed by atoms with Crippen LogP contribution >= 0.6 is 0 Å². The molecular weight excluding hydrogens is 209 g/mol. The minimum atomic E-state index is -0.842. The monoisotopic (exact) mass is 221 g/mol. The summed E-state index contributed by atoms with van der Waals surface area (Å²) >= 11 is 0. The van der Waals surface area contributed by atoms with E-state index in [0.717, 1.165) is 16.5 Å². The number of aromatic nitrogens is 1. The van der Waals surface area contributed by atoms with Gasteiger partial charge in [-0.25, -0.2) is 4.39 Å². The molecule has 0 aliphatic rings. The number of carbonyl (C=O) groups is 1. The molecule has 0 saturated heterocycles. The molecule has 0 saturated carbocycles. The third kappa shape index (κ3) is 1.91. The zero-order valence-electron chi connectivity index (χ0n) is 8.83. The number of H-pyrrole nitrogens is 1. The van der Waals surface area contributed by atoms with Crippen LogP contribution in [-0.2, 0) is 11.2 Å². The first-order valence-corrected chi connectivity index (χ1v) is 5.06. The van der Waals surface area contributed by atoms with E-state index < -0.39 is 11.9 Å². The smallest absolute Gasteiger partial charge is 0.306 e. The van der Waals surface area contributed by atoms with E-state index in [1.54, 1.807) is 19.2 Å². The van der Waals surface area contributed by atoms with E-state index in [1.165, 1.54) is 12.1 Å². The number of hydrogen-bond acceptors (Lipinski definition) is 1. The summed E-state index contributed by atoms with van der Waals surface area (Å²) in [5, 5.41) is 9.58.